The molecule has 1 rings (SSSR count). The Morgan fingerprint density at radius 3 is 2.46 bits per heavy atom. The minimum absolute atomic E-state index is 0.258. The van der Waals surface area contributed by atoms with Crippen LogP contribution in [-0.2, 0) is 4.79 Å². The Balaban J connectivity index is 3.01. The van der Waals surface area contributed by atoms with Crippen LogP contribution in [0.1, 0.15) is 5.56 Å². The Morgan fingerprint density at radius 2 is 2.00 bits per heavy atom. The van der Waals surface area contributed by atoms with Gasteiger partial charge in [-0.25, -0.2) is 4.79 Å². The summed E-state index contributed by atoms with van der Waals surface area (Å²) in [5.41, 5.74) is 0.452. The third-order valence-electron chi connectivity index (χ3n) is 1.46. The molecule has 0 unspecified atom stereocenters. The normalized spacial score (nSPS) is 10.5. The average Bonchev–Trinajstić information content (AvgIpc) is 2.15. The van der Waals surface area contributed by atoms with E-state index < -0.39 is 5.97 Å². The molecule has 0 saturated carbocycles. The van der Waals surface area contributed by atoms with Gasteiger partial charge in [-0.05, 0) is 11.6 Å². The van der Waals surface area contributed by atoms with E-state index in [0.717, 1.165) is 0 Å². The minimum Gasteiger partial charge on any atom is -0.477 e. The molecule has 0 aliphatic rings. The molecule has 0 aliphatic heterocycles. The maximum atomic E-state index is 10.4. The number of nitriles is 1. The summed E-state index contributed by atoms with van der Waals surface area (Å²) in [7, 11) is 0. The number of hydrogen-bond donors (Lipinski definition) is 1. The molecule has 0 bridgehead atoms. The van der Waals surface area contributed by atoms with Gasteiger partial charge in [-0.2, -0.15) is 5.26 Å². The predicted molar refractivity (Wildman–Crippen MR) is 47.7 cm³/mol. The quantitative estimate of drug-likeness (QED) is 0.546. The Labute approximate surface area is 75.5 Å². The van der Waals surface area contributed by atoms with Crippen LogP contribution in [-0.4, -0.2) is 11.1 Å². The first kappa shape index (κ1) is 9.01. The summed E-state index contributed by atoms with van der Waals surface area (Å²) in [5.74, 6) is -1.20. The molecule has 0 aromatic heterocycles. The van der Waals surface area contributed by atoms with Crippen molar-refractivity contribution in [2.45, 2.75) is 0 Å². The minimum atomic E-state index is -1.20. The van der Waals surface area contributed by atoms with Gasteiger partial charge < -0.3 is 5.11 Å². The molecule has 0 radical (unpaired) electrons. The molecule has 0 aliphatic carbocycles. The van der Waals surface area contributed by atoms with Crippen LogP contribution in [0.3, 0.4) is 0 Å². The molecule has 1 aromatic rings. The predicted octanol–water partition coefficient (Wildman–Crippen LogP) is 1.68. The molecular weight excluding hydrogens is 166 g/mol. The highest BCUT2D eigenvalue weighted by molar-refractivity contribution is 5.96. The number of aliphatic carboxylic acids is 1. The summed E-state index contributed by atoms with van der Waals surface area (Å²) in [5, 5.41) is 17.0. The van der Waals surface area contributed by atoms with E-state index in [1.165, 1.54) is 6.08 Å². The number of rotatable bonds is 2. The van der Waals surface area contributed by atoms with Gasteiger partial charge in [0.25, 0.3) is 0 Å². The monoisotopic (exact) mass is 173 g/mol. The largest absolute Gasteiger partial charge is 0.477 e. The molecule has 13 heavy (non-hydrogen) atoms. The van der Waals surface area contributed by atoms with E-state index in [1.54, 1.807) is 30.3 Å². The fourth-order valence-electron chi connectivity index (χ4n) is 0.858. The van der Waals surface area contributed by atoms with E-state index in [9.17, 15) is 4.79 Å². The Kier molecular flexibility index (Phi) is 2.82. The maximum Gasteiger partial charge on any atom is 0.346 e. The number of hydrogen-bond acceptors (Lipinski definition) is 2. The zero-order valence-electron chi connectivity index (χ0n) is 6.77. The lowest BCUT2D eigenvalue weighted by Crippen LogP contribution is -1.97. The fraction of sp³-hybridized carbons (Fsp3) is 0. The molecule has 1 aromatic carbocycles. The highest BCUT2D eigenvalue weighted by atomic mass is 16.4. The van der Waals surface area contributed by atoms with Crippen molar-refractivity contribution in [2.75, 3.05) is 0 Å². The van der Waals surface area contributed by atoms with E-state index in [4.69, 9.17) is 10.4 Å². The summed E-state index contributed by atoms with van der Waals surface area (Å²) in [4.78, 5) is 10.4. The van der Waals surface area contributed by atoms with Crippen molar-refractivity contribution in [3.05, 3.63) is 41.5 Å². The zero-order chi connectivity index (χ0) is 9.68. The number of carbonyl (C=O) groups is 1. The molecule has 0 atom stereocenters. The van der Waals surface area contributed by atoms with Gasteiger partial charge >= 0.3 is 5.97 Å². The molecular formula is C10H7NO2. The van der Waals surface area contributed by atoms with E-state index in [2.05, 4.69) is 0 Å². The third kappa shape index (κ3) is 2.46. The summed E-state index contributed by atoms with van der Waals surface area (Å²) < 4.78 is 0. The van der Waals surface area contributed by atoms with Crippen LogP contribution < -0.4 is 0 Å². The van der Waals surface area contributed by atoms with E-state index in [1.807, 2.05) is 6.07 Å². The van der Waals surface area contributed by atoms with Crippen LogP contribution in [0.4, 0.5) is 0 Å². The molecule has 0 saturated heterocycles. The van der Waals surface area contributed by atoms with Crippen LogP contribution in [0, 0.1) is 11.3 Å². The number of benzene rings is 1. The van der Waals surface area contributed by atoms with Gasteiger partial charge in [0, 0.05) is 0 Å². The maximum absolute atomic E-state index is 10.4. The van der Waals surface area contributed by atoms with Crippen molar-refractivity contribution < 1.29 is 9.90 Å². The van der Waals surface area contributed by atoms with Gasteiger partial charge in [-0.3, -0.25) is 0 Å². The van der Waals surface area contributed by atoms with Crippen molar-refractivity contribution in [3.8, 4) is 6.07 Å². The first-order chi connectivity index (χ1) is 6.24. The molecule has 3 nitrogen and oxygen atoms in total. The van der Waals surface area contributed by atoms with Crippen LogP contribution in [0.2, 0.25) is 0 Å². The van der Waals surface area contributed by atoms with E-state index in [-0.39, 0.29) is 5.57 Å². The van der Waals surface area contributed by atoms with Crippen molar-refractivity contribution in [1.82, 2.24) is 0 Å². The van der Waals surface area contributed by atoms with Crippen molar-refractivity contribution in [2.24, 2.45) is 0 Å². The fourth-order valence-corrected chi connectivity index (χ4v) is 0.858. The summed E-state index contributed by atoms with van der Waals surface area (Å²) in [6, 6.07) is 10.5. The van der Waals surface area contributed by atoms with E-state index in [0.29, 0.717) is 5.56 Å². The van der Waals surface area contributed by atoms with Crippen molar-refractivity contribution in [1.29, 1.82) is 5.26 Å². The number of carboxylic acid groups (broad SMARTS) is 1. The Bertz CT molecular complexity index is 374. The standard InChI is InChI=1S/C10H7NO2/c11-7-9(10(12)13)6-8-4-2-1-3-5-8/h1-6H,(H,12,13). The highest BCUT2D eigenvalue weighted by Crippen LogP contribution is 2.05. The lowest BCUT2D eigenvalue weighted by atomic mass is 10.1. The average molecular weight is 173 g/mol. The molecule has 0 heterocycles. The Hall–Kier alpha value is -2.08. The molecule has 0 spiro atoms. The molecule has 0 fully saturated rings. The highest BCUT2D eigenvalue weighted by Gasteiger charge is 2.04. The van der Waals surface area contributed by atoms with Crippen LogP contribution >= 0.6 is 0 Å². The lowest BCUT2D eigenvalue weighted by Gasteiger charge is -1.91. The first-order valence-electron chi connectivity index (χ1n) is 3.64. The number of carboxylic acids is 1. The third-order valence-corrected chi connectivity index (χ3v) is 1.46. The molecule has 3 heteroatoms. The number of nitrogens with zero attached hydrogens (tertiary/aromatic N) is 1. The van der Waals surface area contributed by atoms with Gasteiger partial charge in [0.15, 0.2) is 0 Å². The molecule has 0 amide bonds. The van der Waals surface area contributed by atoms with Gasteiger partial charge in [0.2, 0.25) is 0 Å². The van der Waals surface area contributed by atoms with Gasteiger partial charge in [0.1, 0.15) is 11.6 Å². The second-order valence-electron chi connectivity index (χ2n) is 2.39. The van der Waals surface area contributed by atoms with Crippen LogP contribution in [0.5, 0.6) is 0 Å². The first-order valence-corrected chi connectivity index (χ1v) is 3.64. The Morgan fingerprint density at radius 1 is 1.38 bits per heavy atom. The van der Waals surface area contributed by atoms with Gasteiger partial charge in [-0.15, -0.1) is 0 Å². The van der Waals surface area contributed by atoms with Crippen molar-refractivity contribution >= 4 is 12.0 Å². The second-order valence-corrected chi connectivity index (χ2v) is 2.39. The topological polar surface area (TPSA) is 61.1 Å². The zero-order valence-corrected chi connectivity index (χ0v) is 6.77. The molecule has 64 valence electrons. The summed E-state index contributed by atoms with van der Waals surface area (Å²) in [6.45, 7) is 0. The summed E-state index contributed by atoms with van der Waals surface area (Å²) in [6.07, 6.45) is 1.34. The summed E-state index contributed by atoms with van der Waals surface area (Å²) >= 11 is 0. The van der Waals surface area contributed by atoms with Gasteiger partial charge in [0.05, 0.1) is 0 Å². The van der Waals surface area contributed by atoms with Crippen LogP contribution in [0.25, 0.3) is 6.08 Å². The second kappa shape index (κ2) is 4.07. The van der Waals surface area contributed by atoms with E-state index >= 15 is 0 Å². The van der Waals surface area contributed by atoms with Crippen LogP contribution in [0.15, 0.2) is 35.9 Å². The smallest absolute Gasteiger partial charge is 0.346 e. The SMILES string of the molecule is N#CC(=Cc1ccccc1)C(=O)O. The van der Waals surface area contributed by atoms with Gasteiger partial charge in [-0.1, -0.05) is 30.3 Å². The van der Waals surface area contributed by atoms with Crippen molar-refractivity contribution in [3.63, 3.8) is 0 Å². The molecule has 1 N–H and O–H groups in total. The lowest BCUT2D eigenvalue weighted by molar-refractivity contribution is -0.132.